The lowest BCUT2D eigenvalue weighted by Gasteiger charge is -1.72. The fourth-order valence-corrected chi connectivity index (χ4v) is 3.60. The van der Waals surface area contributed by atoms with Crippen LogP contribution < -0.4 is 0 Å². The van der Waals surface area contributed by atoms with Gasteiger partial charge in [-0.1, -0.05) is 11.3 Å². The van der Waals surface area contributed by atoms with E-state index in [9.17, 15) is 0 Å². The first-order valence-corrected chi connectivity index (χ1v) is 5.15. The molecule has 0 unspecified atom stereocenters. The second-order valence-electron chi connectivity index (χ2n) is 1.03. The van der Waals surface area contributed by atoms with Crippen LogP contribution in [0, 0.1) is 3.70 Å². The van der Waals surface area contributed by atoms with Crippen LogP contribution in [-0.4, -0.2) is 4.98 Å². The molecular weight excluding hydrogens is 369 g/mol. The Kier molecular flexibility index (Phi) is 2.73. The van der Waals surface area contributed by atoms with E-state index in [1.165, 1.54) is 0 Å². The third-order valence-corrected chi connectivity index (χ3v) is 4.57. The molecule has 0 saturated carbocycles. The summed E-state index contributed by atoms with van der Waals surface area (Å²) in [6.07, 6.45) is 0. The predicted octanol–water partition coefficient (Wildman–Crippen LogP) is 3.27. The van der Waals surface area contributed by atoms with Gasteiger partial charge >= 0.3 is 0 Å². The van der Waals surface area contributed by atoms with E-state index in [2.05, 4.69) is 59.4 Å². The molecule has 0 aromatic carbocycles. The SMILES string of the molecule is Brc1nc(I)c(Br)s1. The smallest absolute Gasteiger partial charge is 0.161 e. The Morgan fingerprint density at radius 3 is 2.25 bits per heavy atom. The molecule has 0 aliphatic rings. The lowest BCUT2D eigenvalue weighted by molar-refractivity contribution is 1.31. The van der Waals surface area contributed by atoms with E-state index in [1.54, 1.807) is 11.3 Å². The van der Waals surface area contributed by atoms with Crippen LogP contribution in [0.1, 0.15) is 0 Å². The Hall–Kier alpha value is 1.32. The molecule has 0 bridgehead atoms. The van der Waals surface area contributed by atoms with Crippen molar-refractivity contribution in [1.29, 1.82) is 0 Å². The van der Waals surface area contributed by atoms with Crippen molar-refractivity contribution in [2.45, 2.75) is 0 Å². The van der Waals surface area contributed by atoms with Crippen LogP contribution in [0.3, 0.4) is 0 Å². The Balaban J connectivity index is 3.14. The van der Waals surface area contributed by atoms with Crippen molar-refractivity contribution in [1.82, 2.24) is 4.98 Å². The van der Waals surface area contributed by atoms with Gasteiger partial charge in [0.2, 0.25) is 0 Å². The van der Waals surface area contributed by atoms with Gasteiger partial charge in [-0.05, 0) is 54.5 Å². The average molecular weight is 369 g/mol. The molecule has 0 aliphatic carbocycles. The molecule has 0 amide bonds. The van der Waals surface area contributed by atoms with Crippen molar-refractivity contribution in [2.75, 3.05) is 0 Å². The summed E-state index contributed by atoms with van der Waals surface area (Å²) in [5.41, 5.74) is 0. The molecule has 0 N–H and O–H groups in total. The summed E-state index contributed by atoms with van der Waals surface area (Å²) >= 11 is 10.3. The summed E-state index contributed by atoms with van der Waals surface area (Å²) in [4.78, 5) is 4.09. The minimum Gasteiger partial charge on any atom is -0.222 e. The standard InChI is InChI=1S/C3Br2INS/c4-1-2(6)7-3(5)8-1. The summed E-state index contributed by atoms with van der Waals surface area (Å²) in [5, 5.41) is 0. The van der Waals surface area contributed by atoms with Crippen molar-refractivity contribution >= 4 is 65.8 Å². The van der Waals surface area contributed by atoms with Crippen molar-refractivity contribution in [3.05, 3.63) is 11.4 Å². The molecule has 0 atom stereocenters. The predicted molar refractivity (Wildman–Crippen MR) is 50.2 cm³/mol. The van der Waals surface area contributed by atoms with Gasteiger partial charge in [0.25, 0.3) is 0 Å². The number of nitrogens with zero attached hydrogens (tertiary/aromatic N) is 1. The Labute approximate surface area is 81.3 Å². The molecule has 0 radical (unpaired) electrons. The summed E-state index contributed by atoms with van der Waals surface area (Å²) in [5.74, 6) is 0. The van der Waals surface area contributed by atoms with Gasteiger partial charge < -0.3 is 0 Å². The highest BCUT2D eigenvalue weighted by molar-refractivity contribution is 14.1. The number of hydrogen-bond acceptors (Lipinski definition) is 2. The van der Waals surface area contributed by atoms with Gasteiger partial charge in [-0.25, -0.2) is 4.98 Å². The first-order chi connectivity index (χ1) is 3.70. The third kappa shape index (κ3) is 1.65. The van der Waals surface area contributed by atoms with Crippen molar-refractivity contribution in [3.8, 4) is 0 Å². The molecule has 0 saturated heterocycles. The molecular formula is C3Br2INS. The summed E-state index contributed by atoms with van der Waals surface area (Å²) in [7, 11) is 0. The largest absolute Gasteiger partial charge is 0.222 e. The van der Waals surface area contributed by atoms with Crippen molar-refractivity contribution in [3.63, 3.8) is 0 Å². The van der Waals surface area contributed by atoms with Crippen LogP contribution in [0.5, 0.6) is 0 Å². The lowest BCUT2D eigenvalue weighted by Crippen LogP contribution is -1.64. The quantitative estimate of drug-likeness (QED) is 0.640. The van der Waals surface area contributed by atoms with Crippen LogP contribution in [0.4, 0.5) is 0 Å². The third-order valence-electron chi connectivity index (χ3n) is 0.522. The average Bonchev–Trinajstić information content (AvgIpc) is 1.85. The zero-order chi connectivity index (χ0) is 6.15. The van der Waals surface area contributed by atoms with Crippen LogP contribution in [-0.2, 0) is 0 Å². The number of hydrogen-bond donors (Lipinski definition) is 0. The number of aromatic nitrogens is 1. The summed E-state index contributed by atoms with van der Waals surface area (Å²) < 4.78 is 3.03. The highest BCUT2D eigenvalue weighted by Crippen LogP contribution is 2.28. The number of halogens is 3. The fourth-order valence-electron chi connectivity index (χ4n) is 0.260. The van der Waals surface area contributed by atoms with Gasteiger partial charge in [-0.15, -0.1) is 0 Å². The lowest BCUT2D eigenvalue weighted by atomic mass is 11.0. The zero-order valence-electron chi connectivity index (χ0n) is 3.49. The maximum absolute atomic E-state index is 4.09. The van der Waals surface area contributed by atoms with E-state index in [1.807, 2.05) is 0 Å². The molecule has 0 spiro atoms. The van der Waals surface area contributed by atoms with Gasteiger partial charge in [0.1, 0.15) is 7.49 Å². The maximum atomic E-state index is 4.09. The van der Waals surface area contributed by atoms with E-state index >= 15 is 0 Å². The van der Waals surface area contributed by atoms with Crippen molar-refractivity contribution in [2.24, 2.45) is 0 Å². The maximum Gasteiger partial charge on any atom is 0.161 e. The molecule has 0 aliphatic heterocycles. The Morgan fingerprint density at radius 1 is 1.50 bits per heavy atom. The van der Waals surface area contributed by atoms with Gasteiger partial charge in [0.05, 0.1) is 0 Å². The van der Waals surface area contributed by atoms with E-state index in [4.69, 9.17) is 0 Å². The second kappa shape index (κ2) is 2.94. The molecule has 0 fully saturated rings. The van der Waals surface area contributed by atoms with E-state index in [-0.39, 0.29) is 0 Å². The number of rotatable bonds is 0. The molecule has 1 rings (SSSR count). The normalized spacial score (nSPS) is 9.88. The highest BCUT2D eigenvalue weighted by Gasteiger charge is 2.00. The van der Waals surface area contributed by atoms with Gasteiger partial charge in [-0.3, -0.25) is 0 Å². The van der Waals surface area contributed by atoms with E-state index in [0.29, 0.717) is 0 Å². The Bertz CT molecular complexity index is 180. The minimum absolute atomic E-state index is 0.925. The van der Waals surface area contributed by atoms with Gasteiger partial charge in [0, 0.05) is 0 Å². The first-order valence-electron chi connectivity index (χ1n) is 1.67. The molecule has 1 nitrogen and oxygen atoms in total. The van der Waals surface area contributed by atoms with Gasteiger partial charge in [0.15, 0.2) is 3.92 Å². The van der Waals surface area contributed by atoms with Crippen LogP contribution in [0.25, 0.3) is 0 Å². The highest BCUT2D eigenvalue weighted by atomic mass is 127. The minimum atomic E-state index is 0.925. The van der Waals surface area contributed by atoms with Crippen LogP contribution >= 0.6 is 65.8 Å². The van der Waals surface area contributed by atoms with E-state index in [0.717, 1.165) is 11.4 Å². The first kappa shape index (κ1) is 7.43. The topological polar surface area (TPSA) is 12.9 Å². The zero-order valence-corrected chi connectivity index (χ0v) is 9.64. The molecule has 8 heavy (non-hydrogen) atoms. The Morgan fingerprint density at radius 2 is 2.12 bits per heavy atom. The number of thiazole rings is 1. The molecule has 1 aromatic heterocycles. The monoisotopic (exact) mass is 367 g/mol. The van der Waals surface area contributed by atoms with Gasteiger partial charge in [-0.2, -0.15) is 0 Å². The fraction of sp³-hybridized carbons (Fsp3) is 0. The van der Waals surface area contributed by atoms with Crippen LogP contribution in [0.2, 0.25) is 0 Å². The second-order valence-corrected chi connectivity index (χ2v) is 5.65. The summed E-state index contributed by atoms with van der Waals surface area (Å²) in [6, 6.07) is 0. The van der Waals surface area contributed by atoms with Crippen LogP contribution in [0.15, 0.2) is 7.70 Å². The summed E-state index contributed by atoms with van der Waals surface area (Å²) in [6.45, 7) is 0. The molecule has 5 heteroatoms. The molecule has 44 valence electrons. The van der Waals surface area contributed by atoms with E-state index < -0.39 is 0 Å². The van der Waals surface area contributed by atoms with Crippen molar-refractivity contribution < 1.29 is 0 Å². The molecule has 1 heterocycles. The molecule has 1 aromatic rings.